The molecule has 3 aromatic heterocycles. The molecule has 0 bridgehead atoms. The van der Waals surface area contributed by atoms with E-state index < -0.39 is 0 Å². The zero-order chi connectivity index (χ0) is 49.4. The van der Waals surface area contributed by atoms with Crippen LogP contribution in [0.3, 0.4) is 0 Å². The third kappa shape index (κ3) is 8.09. The summed E-state index contributed by atoms with van der Waals surface area (Å²) in [6, 6.07) is 67.3. The number of phenolic OH excluding ortho intramolecular Hbond substituents is 1. The summed E-state index contributed by atoms with van der Waals surface area (Å²) in [5, 5.41) is 15.0. The van der Waals surface area contributed by atoms with Crippen molar-refractivity contribution in [3.63, 3.8) is 0 Å². The summed E-state index contributed by atoms with van der Waals surface area (Å²) in [5.74, 6) is 0.921. The van der Waals surface area contributed by atoms with Gasteiger partial charge in [0.2, 0.25) is 0 Å². The third-order valence-electron chi connectivity index (χ3n) is 14.1. The number of aromatic hydroxyl groups is 1. The first-order valence-electron chi connectivity index (χ1n) is 24.8. The summed E-state index contributed by atoms with van der Waals surface area (Å²) < 4.78 is 4.71. The molecule has 71 heavy (non-hydrogen) atoms. The summed E-state index contributed by atoms with van der Waals surface area (Å²) >= 11 is 0. The molecule has 11 aromatic rings. The van der Waals surface area contributed by atoms with E-state index in [4.69, 9.17) is 9.97 Å². The van der Waals surface area contributed by atoms with Gasteiger partial charge in [-0.2, -0.15) is 0 Å². The molecule has 5 heteroatoms. The van der Waals surface area contributed by atoms with Crippen LogP contribution in [0.15, 0.2) is 194 Å². The molecule has 350 valence electrons. The Bertz CT molecular complexity index is 3800. The first-order valence-corrected chi connectivity index (χ1v) is 24.8. The molecule has 3 heterocycles. The van der Waals surface area contributed by atoms with Gasteiger partial charge in [-0.05, 0) is 111 Å². The number of benzene rings is 8. The highest BCUT2D eigenvalue weighted by atomic mass is 16.3. The van der Waals surface area contributed by atoms with Crippen LogP contribution in [0.1, 0.15) is 79.0 Å². The topological polar surface area (TPSA) is 55.9 Å². The molecular weight excluding hydrogens is 865 g/mol. The van der Waals surface area contributed by atoms with E-state index in [-0.39, 0.29) is 22.0 Å². The number of hydrogen-bond acceptors (Lipinski definition) is 3. The molecule has 5 nitrogen and oxygen atoms in total. The average molecular weight is 925 g/mol. The van der Waals surface area contributed by atoms with Crippen LogP contribution in [0, 0.1) is 0 Å². The van der Waals surface area contributed by atoms with Crippen molar-refractivity contribution in [3.8, 4) is 73.2 Å². The Balaban J connectivity index is 1.29. The lowest BCUT2D eigenvalue weighted by Crippen LogP contribution is -2.17. The quantitative estimate of drug-likeness (QED) is 0.173. The number of imidazole rings is 1. The van der Waals surface area contributed by atoms with Gasteiger partial charge in [0.05, 0.1) is 39.0 Å². The van der Waals surface area contributed by atoms with Crippen LogP contribution in [0.5, 0.6) is 5.75 Å². The molecule has 1 N–H and O–H groups in total. The van der Waals surface area contributed by atoms with Gasteiger partial charge in [0.1, 0.15) is 11.6 Å². The van der Waals surface area contributed by atoms with Crippen LogP contribution in [0.25, 0.3) is 100 Å². The van der Waals surface area contributed by atoms with Crippen molar-refractivity contribution in [2.75, 3.05) is 0 Å². The van der Waals surface area contributed by atoms with Crippen LogP contribution in [-0.4, -0.2) is 24.2 Å². The molecule has 8 aromatic carbocycles. The van der Waals surface area contributed by atoms with Crippen molar-refractivity contribution < 1.29 is 5.11 Å². The maximum Gasteiger partial charge on any atom is 0.149 e. The van der Waals surface area contributed by atoms with Crippen LogP contribution in [-0.2, 0) is 16.2 Å². The second-order valence-electron chi connectivity index (χ2n) is 22.1. The van der Waals surface area contributed by atoms with Crippen LogP contribution >= 0.6 is 0 Å². The predicted octanol–water partition coefficient (Wildman–Crippen LogP) is 17.5. The summed E-state index contributed by atoms with van der Waals surface area (Å²) in [6.45, 7) is 20.0. The van der Waals surface area contributed by atoms with Gasteiger partial charge in [0, 0.05) is 50.5 Å². The molecule has 0 amide bonds. The second kappa shape index (κ2) is 17.1. The fourth-order valence-electron chi connectivity index (χ4n) is 10.3. The van der Waals surface area contributed by atoms with Crippen molar-refractivity contribution >= 4 is 32.8 Å². The lowest BCUT2D eigenvalue weighted by molar-refractivity contribution is 0.446. The number of hydrogen-bond donors (Lipinski definition) is 1. The van der Waals surface area contributed by atoms with Gasteiger partial charge in [-0.15, -0.1) is 0 Å². The first-order chi connectivity index (χ1) is 34.0. The van der Waals surface area contributed by atoms with Crippen molar-refractivity contribution in [2.24, 2.45) is 0 Å². The normalized spacial score (nSPS) is 12.4. The number of para-hydroxylation sites is 3. The van der Waals surface area contributed by atoms with E-state index in [1.165, 1.54) is 5.56 Å². The van der Waals surface area contributed by atoms with E-state index in [2.05, 4.69) is 260 Å². The number of rotatable bonds is 7. The molecule has 0 saturated carbocycles. The highest BCUT2D eigenvalue weighted by Crippen LogP contribution is 2.48. The van der Waals surface area contributed by atoms with E-state index in [0.717, 1.165) is 100.0 Å². The van der Waals surface area contributed by atoms with Crippen LogP contribution in [0.2, 0.25) is 0 Å². The maximum absolute atomic E-state index is 12.8. The lowest BCUT2D eigenvalue weighted by atomic mass is 9.79. The van der Waals surface area contributed by atoms with E-state index in [1.54, 1.807) is 0 Å². The first kappa shape index (κ1) is 45.4. The average Bonchev–Trinajstić information content (AvgIpc) is 3.92. The fourth-order valence-corrected chi connectivity index (χ4v) is 10.3. The summed E-state index contributed by atoms with van der Waals surface area (Å²) in [6.07, 6.45) is 1.92. The van der Waals surface area contributed by atoms with Crippen LogP contribution in [0.4, 0.5) is 0 Å². The molecule has 0 aliphatic carbocycles. The van der Waals surface area contributed by atoms with Gasteiger partial charge < -0.3 is 9.67 Å². The highest BCUT2D eigenvalue weighted by molar-refractivity contribution is 6.17. The Kier molecular flexibility index (Phi) is 11.0. The smallest absolute Gasteiger partial charge is 0.149 e. The van der Waals surface area contributed by atoms with Crippen molar-refractivity contribution in [2.45, 2.75) is 78.6 Å². The minimum Gasteiger partial charge on any atom is -0.507 e. The van der Waals surface area contributed by atoms with Crippen molar-refractivity contribution in [1.29, 1.82) is 0 Å². The minimum absolute atomic E-state index is 0.0982. The molecule has 0 radical (unpaired) electrons. The van der Waals surface area contributed by atoms with E-state index >= 15 is 0 Å². The second-order valence-corrected chi connectivity index (χ2v) is 22.1. The van der Waals surface area contributed by atoms with Gasteiger partial charge in [0.25, 0.3) is 0 Å². The molecule has 0 fully saturated rings. The fraction of sp³-hybridized carbons (Fsp3) is 0.182. The van der Waals surface area contributed by atoms with Crippen LogP contribution < -0.4 is 0 Å². The molecule has 0 aliphatic rings. The SMILES string of the molecule is CC(C)(C)c1ccc(-n2c(-c3cc(C(C)(C)C)cc(C(C)(C)C)c3O)nc3c(-c4cc(-c5cc(-c6ccccc6)ccn5)cc5c6ccccc6n(-c6ccccc6)c45)cccc32)c(-c2ccccc2)c1. The molecule has 0 spiro atoms. The van der Waals surface area contributed by atoms with Gasteiger partial charge in [-0.3, -0.25) is 9.55 Å². The summed E-state index contributed by atoms with van der Waals surface area (Å²) in [7, 11) is 0. The Morgan fingerprint density at radius 3 is 1.75 bits per heavy atom. The Morgan fingerprint density at radius 2 is 1.06 bits per heavy atom. The highest BCUT2D eigenvalue weighted by Gasteiger charge is 2.30. The Morgan fingerprint density at radius 1 is 0.423 bits per heavy atom. The van der Waals surface area contributed by atoms with E-state index in [0.29, 0.717) is 11.4 Å². The monoisotopic (exact) mass is 924 g/mol. The predicted molar refractivity (Wildman–Crippen MR) is 298 cm³/mol. The van der Waals surface area contributed by atoms with Gasteiger partial charge in [0.15, 0.2) is 0 Å². The molecule has 0 unspecified atom stereocenters. The Hall–Kier alpha value is -8.02. The van der Waals surface area contributed by atoms with Gasteiger partial charge in [-0.25, -0.2) is 4.98 Å². The van der Waals surface area contributed by atoms with Gasteiger partial charge >= 0.3 is 0 Å². The maximum atomic E-state index is 12.8. The minimum atomic E-state index is -0.353. The van der Waals surface area contributed by atoms with Crippen molar-refractivity contribution in [1.82, 2.24) is 19.1 Å². The number of nitrogens with zero attached hydrogens (tertiary/aromatic N) is 4. The number of fused-ring (bicyclic) bond motifs is 4. The zero-order valence-electron chi connectivity index (χ0n) is 42.2. The number of pyridine rings is 1. The third-order valence-corrected chi connectivity index (χ3v) is 14.1. The van der Waals surface area contributed by atoms with E-state index in [9.17, 15) is 5.11 Å². The summed E-state index contributed by atoms with van der Waals surface area (Å²) in [5.41, 5.74) is 17.6. The molecule has 0 atom stereocenters. The van der Waals surface area contributed by atoms with Crippen molar-refractivity contribution in [3.05, 3.63) is 211 Å². The molecule has 0 aliphatic heterocycles. The number of phenols is 1. The van der Waals surface area contributed by atoms with E-state index in [1.807, 2.05) is 6.20 Å². The molecular formula is C66H60N4O. The standard InChI is InChI=1S/C66H60N4O/c1-64(2,3)46-32-33-58(51(39-46)43-24-15-11-16-25-43)70-59-31-21-29-50(60(59)68-63(70)54-40-47(65(4,5)6)41-55(62(54)71)66(7,8)9)53-37-45(56-38-44(34-35-67-56)42-22-13-10-14-23-42)36-52-49-28-19-20-30-57(49)69(61(52)53)48-26-17-12-18-27-48/h10-41,71H,1-9H3. The molecule has 0 saturated heterocycles. The molecule has 11 rings (SSSR count). The zero-order valence-corrected chi connectivity index (χ0v) is 42.2. The lowest BCUT2D eigenvalue weighted by Gasteiger charge is -2.28. The largest absolute Gasteiger partial charge is 0.507 e. The summed E-state index contributed by atoms with van der Waals surface area (Å²) in [4.78, 5) is 10.9. The Labute approximate surface area is 417 Å². The van der Waals surface area contributed by atoms with Gasteiger partial charge in [-0.1, -0.05) is 184 Å². The number of aromatic nitrogens is 4.